The predicted octanol–water partition coefficient (Wildman–Crippen LogP) is 0.837. The van der Waals surface area contributed by atoms with E-state index in [0.29, 0.717) is 32.7 Å². The van der Waals surface area contributed by atoms with Crippen molar-refractivity contribution in [2.24, 2.45) is 5.92 Å². The standard InChI is InChI=1S/C10H19NO3S/c1-9-8-14-7-4-10(9)15(12,13)11-5-2-3-6-11/h9-10H,2-8H2,1H3/t9-,10+/m0/s1. The summed E-state index contributed by atoms with van der Waals surface area (Å²) in [7, 11) is -3.06. The van der Waals surface area contributed by atoms with Gasteiger partial charge in [-0.3, -0.25) is 0 Å². The molecule has 0 saturated carbocycles. The van der Waals surface area contributed by atoms with Crippen LogP contribution in [0.15, 0.2) is 0 Å². The zero-order valence-corrected chi connectivity index (χ0v) is 10.0. The molecule has 2 aliphatic rings. The number of ether oxygens (including phenoxy) is 1. The maximum Gasteiger partial charge on any atom is 0.217 e. The van der Waals surface area contributed by atoms with Crippen LogP contribution in [0.4, 0.5) is 0 Å². The van der Waals surface area contributed by atoms with E-state index < -0.39 is 10.0 Å². The molecule has 0 spiro atoms. The second-order valence-electron chi connectivity index (χ2n) is 4.53. The molecule has 2 fully saturated rings. The Morgan fingerprint density at radius 1 is 1.27 bits per heavy atom. The van der Waals surface area contributed by atoms with Gasteiger partial charge >= 0.3 is 0 Å². The molecule has 0 aromatic carbocycles. The first-order chi connectivity index (χ1) is 7.12. The maximum absolute atomic E-state index is 12.3. The lowest BCUT2D eigenvalue weighted by atomic mass is 10.0. The molecule has 0 aromatic rings. The molecule has 2 aliphatic heterocycles. The van der Waals surface area contributed by atoms with Crippen LogP contribution in [-0.2, 0) is 14.8 Å². The van der Waals surface area contributed by atoms with Gasteiger partial charge in [0.1, 0.15) is 0 Å². The van der Waals surface area contributed by atoms with Crippen LogP contribution in [0.3, 0.4) is 0 Å². The Morgan fingerprint density at radius 3 is 2.53 bits per heavy atom. The second kappa shape index (κ2) is 4.39. The molecule has 0 aliphatic carbocycles. The first-order valence-electron chi connectivity index (χ1n) is 5.69. The molecule has 0 unspecified atom stereocenters. The molecule has 0 N–H and O–H groups in total. The van der Waals surface area contributed by atoms with Gasteiger partial charge in [0.05, 0.1) is 11.9 Å². The summed E-state index contributed by atoms with van der Waals surface area (Å²) >= 11 is 0. The lowest BCUT2D eigenvalue weighted by Crippen LogP contribution is -2.44. The number of sulfonamides is 1. The highest BCUT2D eigenvalue weighted by atomic mass is 32.2. The minimum atomic E-state index is -3.06. The van der Waals surface area contributed by atoms with Crippen LogP contribution in [0.1, 0.15) is 26.2 Å². The molecule has 15 heavy (non-hydrogen) atoms. The molecule has 4 nitrogen and oxygen atoms in total. The van der Waals surface area contributed by atoms with Crippen LogP contribution in [-0.4, -0.2) is 44.3 Å². The average Bonchev–Trinajstić information content (AvgIpc) is 2.71. The Hall–Kier alpha value is -0.130. The van der Waals surface area contributed by atoms with E-state index in [9.17, 15) is 8.42 Å². The molecule has 2 heterocycles. The van der Waals surface area contributed by atoms with Crippen molar-refractivity contribution >= 4 is 10.0 Å². The minimum absolute atomic E-state index is 0.129. The summed E-state index contributed by atoms with van der Waals surface area (Å²) in [5, 5.41) is -0.218. The summed E-state index contributed by atoms with van der Waals surface area (Å²) in [6, 6.07) is 0. The van der Waals surface area contributed by atoms with E-state index in [4.69, 9.17) is 4.74 Å². The van der Waals surface area contributed by atoms with Crippen molar-refractivity contribution in [1.29, 1.82) is 0 Å². The number of hydrogen-bond donors (Lipinski definition) is 0. The van der Waals surface area contributed by atoms with Gasteiger partial charge in [-0.25, -0.2) is 12.7 Å². The third-order valence-corrected chi connectivity index (χ3v) is 5.92. The van der Waals surface area contributed by atoms with Crippen molar-refractivity contribution in [3.63, 3.8) is 0 Å². The van der Waals surface area contributed by atoms with Crippen LogP contribution < -0.4 is 0 Å². The molecule has 0 amide bonds. The molecular formula is C10H19NO3S. The Balaban J connectivity index is 2.12. The molecule has 5 heteroatoms. The van der Waals surface area contributed by atoms with E-state index in [1.807, 2.05) is 6.92 Å². The zero-order valence-electron chi connectivity index (χ0n) is 9.18. The molecule has 2 rings (SSSR count). The first-order valence-corrected chi connectivity index (χ1v) is 7.19. The van der Waals surface area contributed by atoms with Gasteiger partial charge in [-0.15, -0.1) is 0 Å². The van der Waals surface area contributed by atoms with Crippen LogP contribution in [0.5, 0.6) is 0 Å². The summed E-state index contributed by atoms with van der Waals surface area (Å²) in [4.78, 5) is 0. The molecule has 2 atom stereocenters. The number of hydrogen-bond acceptors (Lipinski definition) is 3. The van der Waals surface area contributed by atoms with Gasteiger partial charge in [0.2, 0.25) is 10.0 Å². The first kappa shape index (κ1) is 11.4. The molecule has 0 aromatic heterocycles. The van der Waals surface area contributed by atoms with E-state index in [2.05, 4.69) is 0 Å². The van der Waals surface area contributed by atoms with Crippen molar-refractivity contribution in [2.75, 3.05) is 26.3 Å². The van der Waals surface area contributed by atoms with Crippen molar-refractivity contribution < 1.29 is 13.2 Å². The molecule has 88 valence electrons. The Bertz CT molecular complexity index is 309. The van der Waals surface area contributed by atoms with Crippen LogP contribution in [0.2, 0.25) is 0 Å². The summed E-state index contributed by atoms with van der Waals surface area (Å²) in [6.07, 6.45) is 2.67. The van der Waals surface area contributed by atoms with Crippen molar-refractivity contribution in [3.05, 3.63) is 0 Å². The molecule has 0 bridgehead atoms. The Labute approximate surface area is 91.6 Å². The zero-order chi connectivity index (χ0) is 10.9. The van der Waals surface area contributed by atoms with Crippen molar-refractivity contribution in [1.82, 2.24) is 4.31 Å². The number of rotatable bonds is 2. The van der Waals surface area contributed by atoms with E-state index in [-0.39, 0.29) is 11.2 Å². The predicted molar refractivity (Wildman–Crippen MR) is 58.1 cm³/mol. The van der Waals surface area contributed by atoms with Crippen LogP contribution in [0, 0.1) is 5.92 Å². The third-order valence-electron chi connectivity index (χ3n) is 3.37. The lowest BCUT2D eigenvalue weighted by molar-refractivity contribution is 0.0626. The third kappa shape index (κ3) is 2.19. The van der Waals surface area contributed by atoms with Crippen molar-refractivity contribution in [2.45, 2.75) is 31.4 Å². The summed E-state index contributed by atoms with van der Waals surface area (Å²) in [6.45, 7) is 4.57. The van der Waals surface area contributed by atoms with E-state index in [1.54, 1.807) is 4.31 Å². The van der Waals surface area contributed by atoms with Crippen LogP contribution in [0.25, 0.3) is 0 Å². The van der Waals surface area contributed by atoms with E-state index in [1.165, 1.54) is 0 Å². The summed E-state index contributed by atoms with van der Waals surface area (Å²) in [5.41, 5.74) is 0. The van der Waals surface area contributed by atoms with Gasteiger partial charge < -0.3 is 4.74 Å². The highest BCUT2D eigenvalue weighted by molar-refractivity contribution is 7.89. The quantitative estimate of drug-likeness (QED) is 0.710. The van der Waals surface area contributed by atoms with Gasteiger partial charge in [0.15, 0.2) is 0 Å². The van der Waals surface area contributed by atoms with Crippen LogP contribution >= 0.6 is 0 Å². The monoisotopic (exact) mass is 233 g/mol. The minimum Gasteiger partial charge on any atom is -0.381 e. The summed E-state index contributed by atoms with van der Waals surface area (Å²) in [5.74, 6) is 0.129. The fourth-order valence-corrected chi connectivity index (χ4v) is 4.65. The topological polar surface area (TPSA) is 46.6 Å². The smallest absolute Gasteiger partial charge is 0.217 e. The highest BCUT2D eigenvalue weighted by Gasteiger charge is 2.38. The van der Waals surface area contributed by atoms with E-state index in [0.717, 1.165) is 12.8 Å². The van der Waals surface area contributed by atoms with Gasteiger partial charge in [-0.1, -0.05) is 6.92 Å². The van der Waals surface area contributed by atoms with Gasteiger partial charge in [-0.2, -0.15) is 0 Å². The maximum atomic E-state index is 12.3. The molecule has 0 radical (unpaired) electrons. The molecular weight excluding hydrogens is 214 g/mol. The normalized spacial score (nSPS) is 34.5. The lowest BCUT2D eigenvalue weighted by Gasteiger charge is -2.31. The highest BCUT2D eigenvalue weighted by Crippen LogP contribution is 2.26. The fraction of sp³-hybridized carbons (Fsp3) is 1.00. The number of nitrogens with zero attached hydrogens (tertiary/aromatic N) is 1. The van der Waals surface area contributed by atoms with Gasteiger partial charge in [-0.05, 0) is 25.2 Å². The van der Waals surface area contributed by atoms with Gasteiger partial charge in [0, 0.05) is 19.7 Å². The largest absolute Gasteiger partial charge is 0.381 e. The fourth-order valence-electron chi connectivity index (χ4n) is 2.44. The summed E-state index contributed by atoms with van der Waals surface area (Å²) < 4.78 is 31.5. The van der Waals surface area contributed by atoms with Crippen molar-refractivity contribution in [3.8, 4) is 0 Å². The van der Waals surface area contributed by atoms with E-state index >= 15 is 0 Å². The Morgan fingerprint density at radius 2 is 1.93 bits per heavy atom. The SMILES string of the molecule is C[C@H]1COCC[C@H]1S(=O)(=O)N1CCCC1. The molecule has 2 saturated heterocycles. The van der Waals surface area contributed by atoms with Gasteiger partial charge in [0.25, 0.3) is 0 Å². The Kier molecular flexibility index (Phi) is 3.33. The second-order valence-corrected chi connectivity index (χ2v) is 6.68. The average molecular weight is 233 g/mol.